The van der Waals surface area contributed by atoms with E-state index < -0.39 is 17.6 Å². The van der Waals surface area contributed by atoms with Gasteiger partial charge in [0.25, 0.3) is 0 Å². The molecule has 4 rings (SSSR count). The lowest BCUT2D eigenvalue weighted by molar-refractivity contribution is -0.00148. The average molecular weight is 374 g/mol. The smallest absolute Gasteiger partial charge is 0.287 e. The molecule has 3 heteroatoms. The monoisotopic (exact) mass is 374 g/mol. The highest BCUT2D eigenvalue weighted by Crippen LogP contribution is 2.45. The molecular formula is C25H20F2O. The lowest BCUT2D eigenvalue weighted by atomic mass is 9.77. The van der Waals surface area contributed by atoms with Gasteiger partial charge >= 0.3 is 5.92 Å². The molecule has 0 aliphatic heterocycles. The highest BCUT2D eigenvalue weighted by Gasteiger charge is 2.49. The van der Waals surface area contributed by atoms with Crippen molar-refractivity contribution in [1.29, 1.82) is 0 Å². The summed E-state index contributed by atoms with van der Waals surface area (Å²) in [5.41, 5.74) is 3.19. The van der Waals surface area contributed by atoms with Crippen LogP contribution in [-0.2, 0) is 6.42 Å². The molecule has 0 heterocycles. The van der Waals surface area contributed by atoms with Crippen molar-refractivity contribution in [2.75, 3.05) is 0 Å². The maximum absolute atomic E-state index is 15.6. The van der Waals surface area contributed by atoms with Crippen molar-refractivity contribution in [3.05, 3.63) is 113 Å². The fourth-order valence-corrected chi connectivity index (χ4v) is 3.90. The van der Waals surface area contributed by atoms with Gasteiger partial charge in [0, 0.05) is 5.56 Å². The molecule has 0 bridgehead atoms. The molecule has 1 atom stereocenters. The summed E-state index contributed by atoms with van der Waals surface area (Å²) in [4.78, 5) is 12.8. The Labute approximate surface area is 163 Å². The van der Waals surface area contributed by atoms with Crippen LogP contribution in [0.5, 0.6) is 0 Å². The second-order valence-electron chi connectivity index (χ2n) is 7.08. The number of fused-ring (bicyclic) bond motifs is 1. The van der Waals surface area contributed by atoms with Crippen LogP contribution in [0.2, 0.25) is 0 Å². The minimum atomic E-state index is -3.54. The summed E-state index contributed by atoms with van der Waals surface area (Å²) in [6.45, 7) is 0. The molecule has 0 radical (unpaired) electrons. The van der Waals surface area contributed by atoms with Gasteiger partial charge in [0.1, 0.15) is 0 Å². The molecule has 1 unspecified atom stereocenters. The highest BCUT2D eigenvalue weighted by molar-refractivity contribution is 6.02. The SMILES string of the molecule is O=C(c1ccccc1)C(F)(F)C(C1=Cc2ccccc2CC1)c1ccccc1. The summed E-state index contributed by atoms with van der Waals surface area (Å²) in [6.07, 6.45) is 3.04. The Morgan fingerprint density at radius 3 is 2.11 bits per heavy atom. The Morgan fingerprint density at radius 1 is 0.786 bits per heavy atom. The van der Waals surface area contributed by atoms with E-state index in [4.69, 9.17) is 0 Å². The van der Waals surface area contributed by atoms with E-state index in [0.29, 0.717) is 24.0 Å². The van der Waals surface area contributed by atoms with Crippen LogP contribution >= 0.6 is 0 Å². The van der Waals surface area contributed by atoms with Crippen LogP contribution in [0.25, 0.3) is 6.08 Å². The topological polar surface area (TPSA) is 17.1 Å². The third-order valence-corrected chi connectivity index (χ3v) is 5.28. The normalized spacial score (nSPS) is 14.7. The van der Waals surface area contributed by atoms with Crippen LogP contribution in [0.3, 0.4) is 0 Å². The number of halogens is 2. The minimum Gasteiger partial charge on any atom is -0.287 e. The molecule has 28 heavy (non-hydrogen) atoms. The first-order chi connectivity index (χ1) is 13.6. The Kier molecular flexibility index (Phi) is 4.91. The van der Waals surface area contributed by atoms with Crippen molar-refractivity contribution in [2.24, 2.45) is 0 Å². The van der Waals surface area contributed by atoms with Crippen molar-refractivity contribution < 1.29 is 13.6 Å². The largest absolute Gasteiger partial charge is 0.320 e. The van der Waals surface area contributed by atoms with Crippen molar-refractivity contribution >= 4 is 11.9 Å². The van der Waals surface area contributed by atoms with E-state index in [-0.39, 0.29) is 5.56 Å². The van der Waals surface area contributed by atoms with Gasteiger partial charge in [0.2, 0.25) is 5.78 Å². The van der Waals surface area contributed by atoms with Gasteiger partial charge in [-0.25, -0.2) is 0 Å². The van der Waals surface area contributed by atoms with Gasteiger partial charge in [-0.1, -0.05) is 96.6 Å². The number of carbonyl (C=O) groups excluding carboxylic acids is 1. The zero-order valence-corrected chi connectivity index (χ0v) is 15.3. The zero-order chi connectivity index (χ0) is 19.6. The van der Waals surface area contributed by atoms with E-state index in [2.05, 4.69) is 0 Å². The number of allylic oxidation sites excluding steroid dienone is 1. The lowest BCUT2D eigenvalue weighted by Crippen LogP contribution is -2.37. The van der Waals surface area contributed by atoms with Crippen LogP contribution < -0.4 is 0 Å². The third-order valence-electron chi connectivity index (χ3n) is 5.28. The maximum atomic E-state index is 15.6. The minimum absolute atomic E-state index is 0.0326. The zero-order valence-electron chi connectivity index (χ0n) is 15.3. The number of carbonyl (C=O) groups is 1. The molecule has 0 saturated heterocycles. The standard InChI is InChI=1S/C25H20F2O/c26-25(27,24(28)20-12-5-2-6-13-20)23(19-10-3-1-4-11-19)22-16-15-18-9-7-8-14-21(18)17-22/h1-14,17,23H,15-16H2. The van der Waals surface area contributed by atoms with Crippen LogP contribution in [0.4, 0.5) is 8.78 Å². The number of alkyl halides is 2. The first kappa shape index (κ1) is 18.3. The number of Topliss-reactive ketones (excluding diaryl/α,β-unsaturated/α-hetero) is 1. The Morgan fingerprint density at radius 2 is 1.39 bits per heavy atom. The van der Waals surface area contributed by atoms with Gasteiger partial charge in [-0.2, -0.15) is 8.78 Å². The Balaban J connectivity index is 1.81. The average Bonchev–Trinajstić information content (AvgIpc) is 2.74. The van der Waals surface area contributed by atoms with Gasteiger partial charge in [0.15, 0.2) is 0 Å². The number of hydrogen-bond donors (Lipinski definition) is 0. The summed E-state index contributed by atoms with van der Waals surface area (Å²) in [7, 11) is 0. The quantitative estimate of drug-likeness (QED) is 0.478. The molecule has 0 amide bonds. The number of rotatable bonds is 5. The van der Waals surface area contributed by atoms with Crippen molar-refractivity contribution in [3.63, 3.8) is 0 Å². The van der Waals surface area contributed by atoms with Crippen LogP contribution in [0, 0.1) is 0 Å². The molecule has 0 saturated carbocycles. The summed E-state index contributed by atoms with van der Waals surface area (Å²) in [6, 6.07) is 24.3. The number of hydrogen-bond acceptors (Lipinski definition) is 1. The molecule has 0 N–H and O–H groups in total. The first-order valence-corrected chi connectivity index (χ1v) is 9.38. The molecular weight excluding hydrogens is 354 g/mol. The van der Waals surface area contributed by atoms with E-state index in [1.807, 2.05) is 30.3 Å². The number of benzene rings is 3. The molecule has 1 nitrogen and oxygen atoms in total. The fraction of sp³-hybridized carbons (Fsp3) is 0.160. The van der Waals surface area contributed by atoms with E-state index >= 15 is 8.78 Å². The number of ketones is 1. The highest BCUT2D eigenvalue weighted by atomic mass is 19.3. The second-order valence-corrected chi connectivity index (χ2v) is 7.08. The van der Waals surface area contributed by atoms with E-state index in [9.17, 15) is 4.79 Å². The third kappa shape index (κ3) is 3.40. The molecule has 3 aromatic carbocycles. The van der Waals surface area contributed by atoms with E-state index in [0.717, 1.165) is 11.1 Å². The van der Waals surface area contributed by atoms with Gasteiger partial charge in [-0.05, 0) is 29.5 Å². The summed E-state index contributed by atoms with van der Waals surface area (Å²) < 4.78 is 31.2. The van der Waals surface area contributed by atoms with Crippen molar-refractivity contribution in [2.45, 2.75) is 24.7 Å². The summed E-state index contributed by atoms with van der Waals surface area (Å²) in [5.74, 6) is -5.96. The number of aryl methyl sites for hydroxylation is 1. The van der Waals surface area contributed by atoms with Crippen molar-refractivity contribution in [3.8, 4) is 0 Å². The predicted octanol–water partition coefficient (Wildman–Crippen LogP) is 6.32. The molecule has 0 aromatic heterocycles. The van der Waals surface area contributed by atoms with Crippen molar-refractivity contribution in [1.82, 2.24) is 0 Å². The molecule has 1 aliphatic carbocycles. The summed E-state index contributed by atoms with van der Waals surface area (Å²) in [5, 5.41) is 0. The second kappa shape index (κ2) is 7.51. The first-order valence-electron chi connectivity index (χ1n) is 9.38. The van der Waals surface area contributed by atoms with Gasteiger partial charge in [-0.15, -0.1) is 0 Å². The fourth-order valence-electron chi connectivity index (χ4n) is 3.90. The molecule has 0 spiro atoms. The van der Waals surface area contributed by atoms with E-state index in [1.54, 1.807) is 48.5 Å². The van der Waals surface area contributed by atoms with Crippen LogP contribution in [0.15, 0.2) is 90.5 Å². The molecule has 1 aliphatic rings. The molecule has 3 aromatic rings. The van der Waals surface area contributed by atoms with Crippen LogP contribution in [0.1, 0.15) is 39.4 Å². The van der Waals surface area contributed by atoms with Gasteiger partial charge in [0.05, 0.1) is 5.92 Å². The maximum Gasteiger partial charge on any atom is 0.320 e. The molecule has 0 fully saturated rings. The Bertz CT molecular complexity index is 1010. The Hall–Kier alpha value is -3.07. The summed E-state index contributed by atoms with van der Waals surface area (Å²) >= 11 is 0. The van der Waals surface area contributed by atoms with E-state index in [1.165, 1.54) is 12.1 Å². The van der Waals surface area contributed by atoms with Crippen LogP contribution in [-0.4, -0.2) is 11.7 Å². The van der Waals surface area contributed by atoms with Gasteiger partial charge < -0.3 is 0 Å². The molecule has 140 valence electrons. The van der Waals surface area contributed by atoms with Gasteiger partial charge in [-0.3, -0.25) is 4.79 Å². The lowest BCUT2D eigenvalue weighted by Gasteiger charge is -2.31. The predicted molar refractivity (Wildman–Crippen MR) is 108 cm³/mol.